The summed E-state index contributed by atoms with van der Waals surface area (Å²) in [5, 5.41) is -0.365. The quantitative estimate of drug-likeness (QED) is 0.286. The third kappa shape index (κ3) is 5.43. The lowest BCUT2D eigenvalue weighted by Crippen LogP contribution is -2.27. The van der Waals surface area contributed by atoms with Crippen molar-refractivity contribution in [2.75, 3.05) is 13.6 Å². The number of benzene rings is 3. The summed E-state index contributed by atoms with van der Waals surface area (Å²) in [7, 11) is 1.98. The molecule has 168 valence electrons. The van der Waals surface area contributed by atoms with E-state index in [0.717, 1.165) is 40.8 Å². The van der Waals surface area contributed by atoms with Crippen LogP contribution in [0.3, 0.4) is 0 Å². The summed E-state index contributed by atoms with van der Waals surface area (Å²) in [4.78, 5) is 6.94. The van der Waals surface area contributed by atoms with Crippen molar-refractivity contribution >= 4 is 23.1 Å². The molecule has 3 nitrogen and oxygen atoms in total. The van der Waals surface area contributed by atoms with Crippen molar-refractivity contribution in [1.29, 1.82) is 0 Å². The smallest absolute Gasteiger partial charge is 0.417 e. The van der Waals surface area contributed by atoms with Gasteiger partial charge < -0.3 is 9.64 Å². The molecule has 0 spiro atoms. The van der Waals surface area contributed by atoms with Gasteiger partial charge in [-0.1, -0.05) is 41.9 Å². The molecular weight excluding hydrogens is 437 g/mol. The van der Waals surface area contributed by atoms with Crippen LogP contribution in [0.25, 0.3) is 0 Å². The maximum atomic E-state index is 13.2. The zero-order chi connectivity index (χ0) is 23.5. The largest absolute Gasteiger partial charge is 0.457 e. The summed E-state index contributed by atoms with van der Waals surface area (Å²) in [6, 6.07) is 17.1. The second-order valence-corrected chi connectivity index (χ2v) is 7.87. The molecule has 0 saturated heterocycles. The zero-order valence-corrected chi connectivity index (χ0v) is 19.1. The Balaban J connectivity index is 1.97. The van der Waals surface area contributed by atoms with E-state index in [1.165, 1.54) is 12.1 Å². The number of alkyl halides is 3. The summed E-state index contributed by atoms with van der Waals surface area (Å²) in [5.41, 5.74) is 2.43. The molecule has 0 unspecified atom stereocenters. The van der Waals surface area contributed by atoms with Crippen LogP contribution in [0.2, 0.25) is 5.02 Å². The van der Waals surface area contributed by atoms with Gasteiger partial charge in [-0.2, -0.15) is 13.2 Å². The van der Waals surface area contributed by atoms with E-state index in [9.17, 15) is 13.2 Å². The number of rotatable bonds is 5. The van der Waals surface area contributed by atoms with Gasteiger partial charge in [0, 0.05) is 19.2 Å². The lowest BCUT2D eigenvalue weighted by molar-refractivity contribution is -0.137. The highest BCUT2D eigenvalue weighted by atomic mass is 35.5. The SMILES string of the molecule is CCN(C)C(=Nc1cc(C)c(Oc2ccc(Cl)c(C(F)(F)F)c2)cc1C)c1ccccc1. The summed E-state index contributed by atoms with van der Waals surface area (Å²) in [5.74, 6) is 1.36. The minimum absolute atomic E-state index is 0.0659. The highest BCUT2D eigenvalue weighted by Crippen LogP contribution is 2.39. The van der Waals surface area contributed by atoms with Crippen molar-refractivity contribution in [3.05, 3.63) is 87.9 Å². The Kier molecular flexibility index (Phi) is 7.14. The van der Waals surface area contributed by atoms with Crippen LogP contribution in [0.1, 0.15) is 29.2 Å². The van der Waals surface area contributed by atoms with E-state index in [-0.39, 0.29) is 10.8 Å². The molecule has 3 aromatic rings. The van der Waals surface area contributed by atoms with Crippen molar-refractivity contribution in [1.82, 2.24) is 4.90 Å². The van der Waals surface area contributed by atoms with Gasteiger partial charge >= 0.3 is 6.18 Å². The van der Waals surface area contributed by atoms with E-state index in [1.54, 1.807) is 6.07 Å². The second-order valence-electron chi connectivity index (χ2n) is 7.46. The van der Waals surface area contributed by atoms with Gasteiger partial charge in [-0.15, -0.1) is 0 Å². The highest BCUT2D eigenvalue weighted by Gasteiger charge is 2.33. The normalized spacial score (nSPS) is 12.1. The lowest BCUT2D eigenvalue weighted by atomic mass is 10.1. The summed E-state index contributed by atoms with van der Waals surface area (Å²) in [6.45, 7) is 6.56. The Hall–Kier alpha value is -2.99. The molecule has 0 N–H and O–H groups in total. The van der Waals surface area contributed by atoms with Gasteiger partial charge in [0.1, 0.15) is 17.3 Å². The van der Waals surface area contributed by atoms with Gasteiger partial charge in [-0.05, 0) is 62.2 Å². The molecular formula is C25H24ClF3N2O. The molecule has 0 aliphatic heterocycles. The number of hydrogen-bond donors (Lipinski definition) is 0. The molecule has 0 atom stereocenters. The van der Waals surface area contributed by atoms with Gasteiger partial charge in [0.05, 0.1) is 16.3 Å². The maximum Gasteiger partial charge on any atom is 0.417 e. The second kappa shape index (κ2) is 9.65. The Labute approximate surface area is 191 Å². The first-order valence-electron chi connectivity index (χ1n) is 10.1. The number of nitrogens with zero attached hydrogens (tertiary/aromatic N) is 2. The third-order valence-corrected chi connectivity index (χ3v) is 5.39. The van der Waals surface area contributed by atoms with E-state index >= 15 is 0 Å². The van der Waals surface area contributed by atoms with Crippen LogP contribution in [0.4, 0.5) is 18.9 Å². The molecule has 0 aliphatic carbocycles. The monoisotopic (exact) mass is 460 g/mol. The van der Waals surface area contributed by atoms with E-state index in [4.69, 9.17) is 21.3 Å². The molecule has 0 amide bonds. The fraction of sp³-hybridized carbons (Fsp3) is 0.240. The molecule has 0 aliphatic rings. The van der Waals surface area contributed by atoms with Crippen molar-refractivity contribution in [3.63, 3.8) is 0 Å². The molecule has 3 aromatic carbocycles. The number of hydrogen-bond acceptors (Lipinski definition) is 2. The Morgan fingerprint density at radius 2 is 1.69 bits per heavy atom. The van der Waals surface area contributed by atoms with Gasteiger partial charge in [-0.25, -0.2) is 4.99 Å². The lowest BCUT2D eigenvalue weighted by Gasteiger charge is -2.20. The number of halogens is 4. The first-order valence-corrected chi connectivity index (χ1v) is 10.5. The molecule has 3 rings (SSSR count). The number of aryl methyl sites for hydroxylation is 2. The van der Waals surface area contributed by atoms with Crippen molar-refractivity contribution in [3.8, 4) is 11.5 Å². The standard InChI is InChI=1S/C25H24ClF3N2O/c1-5-31(4)24(18-9-7-6-8-10-18)30-22-13-17(3)23(14-16(22)2)32-19-11-12-21(26)20(15-19)25(27,28)29/h6-15H,5H2,1-4H3. The van der Waals surface area contributed by atoms with Gasteiger partial charge in [0.25, 0.3) is 0 Å². The fourth-order valence-corrected chi connectivity index (χ4v) is 3.36. The van der Waals surface area contributed by atoms with E-state index < -0.39 is 11.7 Å². The summed E-state index contributed by atoms with van der Waals surface area (Å²) in [6.07, 6.45) is -4.56. The maximum absolute atomic E-state index is 13.2. The van der Waals surface area contributed by atoms with Crippen LogP contribution in [-0.2, 0) is 6.18 Å². The predicted octanol–water partition coefficient (Wildman–Crippen LogP) is 7.80. The topological polar surface area (TPSA) is 24.8 Å². The number of ether oxygens (including phenoxy) is 1. The molecule has 0 aromatic heterocycles. The molecule has 0 radical (unpaired) electrons. The van der Waals surface area contributed by atoms with E-state index in [0.29, 0.717) is 5.75 Å². The number of aliphatic imine (C=N–C) groups is 1. The third-order valence-electron chi connectivity index (χ3n) is 5.06. The van der Waals surface area contributed by atoms with E-state index in [1.807, 2.05) is 57.3 Å². The Morgan fingerprint density at radius 1 is 1.00 bits per heavy atom. The van der Waals surface area contributed by atoms with Crippen LogP contribution >= 0.6 is 11.6 Å². The van der Waals surface area contributed by atoms with Crippen LogP contribution in [0.15, 0.2) is 65.7 Å². The average Bonchev–Trinajstić information content (AvgIpc) is 2.75. The first-order chi connectivity index (χ1) is 15.1. The van der Waals surface area contributed by atoms with Crippen molar-refractivity contribution in [2.45, 2.75) is 26.9 Å². The molecule has 0 heterocycles. The fourth-order valence-electron chi connectivity index (χ4n) is 3.14. The minimum atomic E-state index is -4.56. The molecule has 7 heteroatoms. The summed E-state index contributed by atoms with van der Waals surface area (Å²) < 4.78 is 45.3. The van der Waals surface area contributed by atoms with Gasteiger partial charge in [-0.3, -0.25) is 0 Å². The van der Waals surface area contributed by atoms with Gasteiger partial charge in [0.15, 0.2) is 0 Å². The zero-order valence-electron chi connectivity index (χ0n) is 18.3. The molecule has 0 bridgehead atoms. The molecule has 0 fully saturated rings. The number of amidine groups is 1. The predicted molar refractivity (Wildman–Crippen MR) is 123 cm³/mol. The Bertz CT molecular complexity index is 1130. The van der Waals surface area contributed by atoms with Crippen LogP contribution in [0.5, 0.6) is 11.5 Å². The van der Waals surface area contributed by atoms with Crippen molar-refractivity contribution in [2.24, 2.45) is 4.99 Å². The van der Waals surface area contributed by atoms with Crippen LogP contribution in [0, 0.1) is 13.8 Å². The molecule has 32 heavy (non-hydrogen) atoms. The minimum Gasteiger partial charge on any atom is -0.457 e. The molecule has 0 saturated carbocycles. The van der Waals surface area contributed by atoms with Crippen molar-refractivity contribution < 1.29 is 17.9 Å². The average molecular weight is 461 g/mol. The van der Waals surface area contributed by atoms with Crippen LogP contribution in [-0.4, -0.2) is 24.3 Å². The first kappa shape index (κ1) is 23.7. The van der Waals surface area contributed by atoms with Gasteiger partial charge in [0.2, 0.25) is 0 Å². The highest BCUT2D eigenvalue weighted by molar-refractivity contribution is 6.31. The Morgan fingerprint density at radius 3 is 2.31 bits per heavy atom. The summed E-state index contributed by atoms with van der Waals surface area (Å²) >= 11 is 5.70. The van der Waals surface area contributed by atoms with E-state index in [2.05, 4.69) is 11.8 Å². The van der Waals surface area contributed by atoms with Crippen LogP contribution < -0.4 is 4.74 Å².